The minimum Gasteiger partial charge on any atom is -0.467 e. The molecule has 0 spiro atoms. The second-order valence-corrected chi connectivity index (χ2v) is 16.0. The SMILES string of the molecule is COC(=O)[C@H](C)N(C)C(=O)CCC(C)(C)SSCCCC(=O)NCCOCCN1C(=O)CC(SC(=O)C(C)(C)C)C1=O. The van der Waals surface area contributed by atoms with Gasteiger partial charge in [0, 0.05) is 48.8 Å². The molecule has 0 aromatic heterocycles. The third kappa shape index (κ3) is 13.7. The summed E-state index contributed by atoms with van der Waals surface area (Å²) in [5, 5.41) is 2.00. The van der Waals surface area contributed by atoms with E-state index in [1.165, 1.54) is 12.0 Å². The summed E-state index contributed by atoms with van der Waals surface area (Å²) in [6.45, 7) is 12.0. The van der Waals surface area contributed by atoms with E-state index in [1.807, 2.05) is 0 Å². The summed E-state index contributed by atoms with van der Waals surface area (Å²) in [6.07, 6.45) is 2.08. The summed E-state index contributed by atoms with van der Waals surface area (Å²) in [5.41, 5.74) is -0.585. The molecule has 0 saturated carbocycles. The molecule has 0 radical (unpaired) electrons. The first-order valence-corrected chi connectivity index (χ1v) is 17.2. The van der Waals surface area contributed by atoms with E-state index in [-0.39, 0.29) is 59.7 Å². The van der Waals surface area contributed by atoms with Gasteiger partial charge in [-0.2, -0.15) is 0 Å². The number of esters is 1. The molecule has 11 nitrogen and oxygen atoms in total. The van der Waals surface area contributed by atoms with Crippen molar-refractivity contribution in [2.45, 2.75) is 89.7 Å². The lowest BCUT2D eigenvalue weighted by atomic mass is 10.00. The summed E-state index contributed by atoms with van der Waals surface area (Å²) in [4.78, 5) is 75.6. The Morgan fingerprint density at radius 2 is 1.76 bits per heavy atom. The van der Waals surface area contributed by atoms with E-state index >= 15 is 0 Å². The molecule has 1 saturated heterocycles. The Balaban J connectivity index is 2.16. The van der Waals surface area contributed by atoms with Crippen LogP contribution in [-0.2, 0) is 38.2 Å². The predicted molar refractivity (Wildman–Crippen MR) is 168 cm³/mol. The molecule has 1 heterocycles. The maximum absolute atomic E-state index is 12.5. The van der Waals surface area contributed by atoms with Gasteiger partial charge in [-0.1, -0.05) is 54.1 Å². The highest BCUT2D eigenvalue weighted by atomic mass is 33.1. The summed E-state index contributed by atoms with van der Waals surface area (Å²) >= 11 is 0.928. The second-order valence-electron chi connectivity index (χ2n) is 11.7. The summed E-state index contributed by atoms with van der Waals surface area (Å²) < 4.78 is 10.0. The van der Waals surface area contributed by atoms with Gasteiger partial charge in [0.15, 0.2) is 5.12 Å². The van der Waals surface area contributed by atoms with E-state index in [1.54, 1.807) is 56.3 Å². The number of nitrogens with zero attached hydrogens (tertiary/aromatic N) is 2. The van der Waals surface area contributed by atoms with E-state index in [2.05, 4.69) is 19.2 Å². The van der Waals surface area contributed by atoms with Crippen LogP contribution in [0.15, 0.2) is 0 Å². The molecule has 1 aliphatic heterocycles. The number of amides is 4. The maximum atomic E-state index is 12.5. The van der Waals surface area contributed by atoms with Gasteiger partial charge in [-0.15, -0.1) is 0 Å². The van der Waals surface area contributed by atoms with Crippen LogP contribution in [0.1, 0.15) is 73.6 Å². The van der Waals surface area contributed by atoms with E-state index in [0.717, 1.165) is 22.4 Å². The number of hydrogen-bond donors (Lipinski definition) is 1. The molecule has 1 fully saturated rings. The molecule has 14 heteroatoms. The molecule has 42 heavy (non-hydrogen) atoms. The molecule has 1 N–H and O–H groups in total. The molecule has 1 rings (SSSR count). The molecule has 240 valence electrons. The van der Waals surface area contributed by atoms with E-state index in [9.17, 15) is 28.8 Å². The Labute approximate surface area is 262 Å². The number of methoxy groups -OCH3 is 1. The fourth-order valence-electron chi connectivity index (χ4n) is 3.56. The van der Waals surface area contributed by atoms with Crippen molar-refractivity contribution < 1.29 is 38.2 Å². The van der Waals surface area contributed by atoms with Crippen molar-refractivity contribution in [2.75, 3.05) is 46.2 Å². The van der Waals surface area contributed by atoms with E-state index in [4.69, 9.17) is 9.47 Å². The Bertz CT molecular complexity index is 971. The number of hydrogen-bond acceptors (Lipinski definition) is 11. The normalized spacial score (nSPS) is 16.4. The molecular weight excluding hydrogens is 603 g/mol. The molecular formula is C28H47N3O8S3. The lowest BCUT2D eigenvalue weighted by Crippen LogP contribution is -2.41. The van der Waals surface area contributed by atoms with Crippen molar-refractivity contribution in [3.05, 3.63) is 0 Å². The zero-order chi connectivity index (χ0) is 32.1. The summed E-state index contributed by atoms with van der Waals surface area (Å²) in [6, 6.07) is -0.624. The summed E-state index contributed by atoms with van der Waals surface area (Å²) in [5.74, 6) is -0.511. The topological polar surface area (TPSA) is 139 Å². The van der Waals surface area contributed by atoms with Crippen molar-refractivity contribution in [1.82, 2.24) is 15.1 Å². The Kier molecular flexibility index (Phi) is 16.5. The Morgan fingerprint density at radius 1 is 1.10 bits per heavy atom. The average Bonchev–Trinajstić information content (AvgIpc) is 3.18. The van der Waals surface area contributed by atoms with Crippen molar-refractivity contribution >= 4 is 68.1 Å². The summed E-state index contributed by atoms with van der Waals surface area (Å²) in [7, 11) is 6.24. The first-order chi connectivity index (χ1) is 19.5. The van der Waals surface area contributed by atoms with Crippen molar-refractivity contribution in [3.8, 4) is 0 Å². The number of carbonyl (C=O) groups excluding carboxylic acids is 6. The lowest BCUT2D eigenvalue weighted by Gasteiger charge is -2.26. The smallest absolute Gasteiger partial charge is 0.328 e. The largest absolute Gasteiger partial charge is 0.467 e. The number of nitrogens with one attached hydrogen (secondary N) is 1. The quantitative estimate of drug-likeness (QED) is 0.101. The van der Waals surface area contributed by atoms with Gasteiger partial charge >= 0.3 is 5.97 Å². The number of ether oxygens (including phenoxy) is 2. The first kappa shape index (κ1) is 38.3. The standard InChI is InChI=1S/C28H47N3O8S3/c1-19(25(36)38-8)30(7)22(33)11-12-28(5,6)42-40-17-9-10-21(32)29-13-15-39-16-14-31-23(34)18-20(24(31)35)41-26(37)27(2,3)4/h19-20H,9-18H2,1-8H3,(H,29,32)/t19-,20?/m0/s1. The zero-order valence-corrected chi connectivity index (χ0v) is 28.6. The third-order valence-corrected chi connectivity index (χ3v) is 11.4. The Morgan fingerprint density at radius 3 is 2.38 bits per heavy atom. The lowest BCUT2D eigenvalue weighted by molar-refractivity contribution is -0.151. The molecule has 2 atom stereocenters. The number of imide groups is 1. The number of carbonyl (C=O) groups is 6. The van der Waals surface area contributed by atoms with Gasteiger partial charge in [0.05, 0.1) is 26.9 Å². The van der Waals surface area contributed by atoms with Crippen molar-refractivity contribution in [1.29, 1.82) is 0 Å². The van der Waals surface area contributed by atoms with Crippen LogP contribution in [-0.4, -0.2) is 107 Å². The number of rotatable bonds is 18. The molecule has 4 amide bonds. The molecule has 0 bridgehead atoms. The van der Waals surface area contributed by atoms with Crippen LogP contribution in [0.4, 0.5) is 0 Å². The Hall–Kier alpha value is -1.77. The number of thioether (sulfide) groups is 1. The van der Waals surface area contributed by atoms with Crippen LogP contribution in [0.5, 0.6) is 0 Å². The number of likely N-dealkylation sites (N-methyl/N-ethyl adjacent to an activating group) is 1. The van der Waals surface area contributed by atoms with Crippen LogP contribution in [0.3, 0.4) is 0 Å². The van der Waals surface area contributed by atoms with Gasteiger partial charge in [0.25, 0.3) is 0 Å². The zero-order valence-electron chi connectivity index (χ0n) is 26.1. The molecule has 0 aromatic carbocycles. The highest BCUT2D eigenvalue weighted by Crippen LogP contribution is 2.39. The van der Waals surface area contributed by atoms with Crippen LogP contribution in [0, 0.1) is 5.41 Å². The first-order valence-electron chi connectivity index (χ1n) is 14.0. The minimum absolute atomic E-state index is 0.0186. The fraction of sp³-hybridized carbons (Fsp3) is 0.786. The van der Waals surface area contributed by atoms with Gasteiger partial charge in [-0.05, 0) is 33.6 Å². The van der Waals surface area contributed by atoms with Crippen LogP contribution >= 0.6 is 33.3 Å². The minimum atomic E-state index is -0.675. The highest BCUT2D eigenvalue weighted by Gasteiger charge is 2.41. The molecule has 0 aliphatic carbocycles. The third-order valence-electron chi connectivity index (χ3n) is 6.47. The molecule has 0 aromatic rings. The number of likely N-dealkylation sites (tertiary alicyclic amines) is 1. The fourth-order valence-corrected chi connectivity index (χ4v) is 7.28. The average molecular weight is 650 g/mol. The maximum Gasteiger partial charge on any atom is 0.328 e. The highest BCUT2D eigenvalue weighted by molar-refractivity contribution is 8.77. The predicted octanol–water partition coefficient (Wildman–Crippen LogP) is 3.29. The molecule has 1 unspecified atom stereocenters. The molecule has 1 aliphatic rings. The van der Waals surface area contributed by atoms with Gasteiger partial charge < -0.3 is 19.7 Å². The van der Waals surface area contributed by atoms with Crippen LogP contribution in [0.25, 0.3) is 0 Å². The van der Waals surface area contributed by atoms with Gasteiger partial charge in [0.2, 0.25) is 23.6 Å². The van der Waals surface area contributed by atoms with Gasteiger partial charge in [0.1, 0.15) is 11.3 Å². The van der Waals surface area contributed by atoms with Gasteiger partial charge in [-0.25, -0.2) is 4.79 Å². The van der Waals surface area contributed by atoms with E-state index in [0.29, 0.717) is 32.2 Å². The van der Waals surface area contributed by atoms with E-state index < -0.39 is 22.7 Å². The van der Waals surface area contributed by atoms with Crippen LogP contribution < -0.4 is 5.32 Å². The second kappa shape index (κ2) is 18.1. The van der Waals surface area contributed by atoms with Gasteiger partial charge in [-0.3, -0.25) is 28.9 Å². The van der Waals surface area contributed by atoms with Crippen LogP contribution in [0.2, 0.25) is 0 Å². The van der Waals surface area contributed by atoms with Crippen molar-refractivity contribution in [2.24, 2.45) is 5.41 Å². The monoisotopic (exact) mass is 649 g/mol. The van der Waals surface area contributed by atoms with Crippen molar-refractivity contribution in [3.63, 3.8) is 0 Å².